The Labute approximate surface area is 74.8 Å². The molecule has 4 heteroatoms. The summed E-state index contributed by atoms with van der Waals surface area (Å²) in [5.74, 6) is -1.73. The van der Waals surface area contributed by atoms with Gasteiger partial charge in [-0.25, -0.2) is 9.18 Å². The largest absolute Gasteiger partial charge is 0.491 e. The number of ether oxygens (including phenoxy) is 1. The molecule has 0 unspecified atom stereocenters. The van der Waals surface area contributed by atoms with E-state index in [0.29, 0.717) is 6.61 Å². The van der Waals surface area contributed by atoms with Crippen LogP contribution in [0.2, 0.25) is 0 Å². The number of halogens is 1. The lowest BCUT2D eigenvalue weighted by molar-refractivity contribution is 0.0696. The molecule has 0 radical (unpaired) electrons. The van der Waals surface area contributed by atoms with Gasteiger partial charge in [-0.3, -0.25) is 0 Å². The molecule has 0 aromatic heterocycles. The van der Waals surface area contributed by atoms with Gasteiger partial charge in [0.25, 0.3) is 0 Å². The molecule has 0 amide bonds. The van der Waals surface area contributed by atoms with E-state index in [4.69, 9.17) is 9.84 Å². The van der Waals surface area contributed by atoms with Crippen LogP contribution < -0.4 is 4.74 Å². The van der Waals surface area contributed by atoms with Crippen LogP contribution in [0.1, 0.15) is 17.3 Å². The van der Waals surface area contributed by atoms with Crippen LogP contribution in [0.25, 0.3) is 0 Å². The van der Waals surface area contributed by atoms with Crippen LogP contribution >= 0.6 is 0 Å². The SMILES string of the molecule is CCOc1ccc(C(=O)O)cc1F. The second-order valence-electron chi connectivity index (χ2n) is 2.38. The molecule has 1 aromatic rings. The Kier molecular flexibility index (Phi) is 2.84. The minimum Gasteiger partial charge on any atom is -0.491 e. The van der Waals surface area contributed by atoms with Gasteiger partial charge in [-0.15, -0.1) is 0 Å². The molecule has 0 aliphatic heterocycles. The van der Waals surface area contributed by atoms with Crippen molar-refractivity contribution in [3.8, 4) is 5.75 Å². The van der Waals surface area contributed by atoms with Crippen molar-refractivity contribution in [2.75, 3.05) is 6.61 Å². The van der Waals surface area contributed by atoms with Crippen molar-refractivity contribution >= 4 is 5.97 Å². The molecule has 70 valence electrons. The molecule has 0 spiro atoms. The highest BCUT2D eigenvalue weighted by Gasteiger charge is 2.08. The van der Waals surface area contributed by atoms with Crippen molar-refractivity contribution in [3.63, 3.8) is 0 Å². The van der Waals surface area contributed by atoms with Crippen LogP contribution in [0, 0.1) is 5.82 Å². The summed E-state index contributed by atoms with van der Waals surface area (Å²) < 4.78 is 17.9. The van der Waals surface area contributed by atoms with Gasteiger partial charge in [0.2, 0.25) is 0 Å². The number of aromatic carboxylic acids is 1. The summed E-state index contributed by atoms with van der Waals surface area (Å²) in [6.07, 6.45) is 0. The zero-order valence-corrected chi connectivity index (χ0v) is 7.08. The Morgan fingerprint density at radius 2 is 2.31 bits per heavy atom. The Morgan fingerprint density at radius 1 is 1.62 bits per heavy atom. The smallest absolute Gasteiger partial charge is 0.335 e. The first kappa shape index (κ1) is 9.51. The average Bonchev–Trinajstić information content (AvgIpc) is 2.08. The quantitative estimate of drug-likeness (QED) is 0.780. The van der Waals surface area contributed by atoms with Gasteiger partial charge < -0.3 is 9.84 Å². The second kappa shape index (κ2) is 3.89. The molecule has 0 saturated carbocycles. The van der Waals surface area contributed by atoms with Crippen molar-refractivity contribution in [1.29, 1.82) is 0 Å². The highest BCUT2D eigenvalue weighted by molar-refractivity contribution is 5.87. The fraction of sp³-hybridized carbons (Fsp3) is 0.222. The standard InChI is InChI=1S/C9H9FO3/c1-2-13-8-4-3-6(9(11)12)5-7(8)10/h3-5H,2H2,1H3,(H,11,12). The summed E-state index contributed by atoms with van der Waals surface area (Å²) in [6, 6.07) is 3.55. The number of carboxylic acid groups (broad SMARTS) is 1. The Morgan fingerprint density at radius 3 is 2.77 bits per heavy atom. The number of carbonyl (C=O) groups is 1. The molecule has 0 heterocycles. The van der Waals surface area contributed by atoms with Gasteiger partial charge in [-0.05, 0) is 25.1 Å². The molecule has 0 fully saturated rings. The van der Waals surface area contributed by atoms with E-state index in [2.05, 4.69) is 0 Å². The topological polar surface area (TPSA) is 46.5 Å². The third kappa shape index (κ3) is 2.18. The molecule has 0 aliphatic rings. The normalized spacial score (nSPS) is 9.69. The molecular weight excluding hydrogens is 175 g/mol. The van der Waals surface area contributed by atoms with Crippen molar-refractivity contribution in [2.24, 2.45) is 0 Å². The van der Waals surface area contributed by atoms with Gasteiger partial charge in [0.1, 0.15) is 0 Å². The summed E-state index contributed by atoms with van der Waals surface area (Å²) >= 11 is 0. The molecular formula is C9H9FO3. The first-order valence-corrected chi connectivity index (χ1v) is 3.80. The van der Waals surface area contributed by atoms with Crippen molar-refractivity contribution in [2.45, 2.75) is 6.92 Å². The van der Waals surface area contributed by atoms with Crippen LogP contribution in [-0.2, 0) is 0 Å². The molecule has 0 bridgehead atoms. The van der Waals surface area contributed by atoms with E-state index < -0.39 is 11.8 Å². The maximum Gasteiger partial charge on any atom is 0.335 e. The highest BCUT2D eigenvalue weighted by atomic mass is 19.1. The van der Waals surface area contributed by atoms with Gasteiger partial charge in [0.15, 0.2) is 11.6 Å². The molecule has 1 rings (SSSR count). The van der Waals surface area contributed by atoms with E-state index in [1.165, 1.54) is 12.1 Å². The zero-order chi connectivity index (χ0) is 9.84. The highest BCUT2D eigenvalue weighted by Crippen LogP contribution is 2.17. The summed E-state index contributed by atoms with van der Waals surface area (Å²) in [4.78, 5) is 10.4. The molecule has 1 N–H and O–H groups in total. The average molecular weight is 184 g/mol. The first-order chi connectivity index (χ1) is 6.15. The molecule has 1 aromatic carbocycles. The Hall–Kier alpha value is -1.58. The van der Waals surface area contributed by atoms with E-state index in [-0.39, 0.29) is 11.3 Å². The van der Waals surface area contributed by atoms with E-state index in [1.54, 1.807) is 6.92 Å². The van der Waals surface area contributed by atoms with Crippen molar-refractivity contribution in [1.82, 2.24) is 0 Å². The number of hydrogen-bond acceptors (Lipinski definition) is 2. The fourth-order valence-electron chi connectivity index (χ4n) is 0.906. The van der Waals surface area contributed by atoms with Gasteiger partial charge in [0.05, 0.1) is 12.2 Å². The van der Waals surface area contributed by atoms with Crippen LogP contribution in [0.5, 0.6) is 5.75 Å². The number of rotatable bonds is 3. The van der Waals surface area contributed by atoms with Gasteiger partial charge in [0, 0.05) is 0 Å². The molecule has 0 atom stereocenters. The summed E-state index contributed by atoms with van der Waals surface area (Å²) in [5, 5.41) is 8.52. The lowest BCUT2D eigenvalue weighted by atomic mass is 10.2. The maximum atomic E-state index is 13.0. The predicted octanol–water partition coefficient (Wildman–Crippen LogP) is 1.92. The molecule has 13 heavy (non-hydrogen) atoms. The van der Waals surface area contributed by atoms with Gasteiger partial charge >= 0.3 is 5.97 Å². The minimum absolute atomic E-state index is 0.0764. The van der Waals surface area contributed by atoms with Gasteiger partial charge in [-0.2, -0.15) is 0 Å². The van der Waals surface area contributed by atoms with Crippen LogP contribution in [0.15, 0.2) is 18.2 Å². The van der Waals surface area contributed by atoms with E-state index >= 15 is 0 Å². The summed E-state index contributed by atoms with van der Waals surface area (Å²) in [6.45, 7) is 2.08. The number of carboxylic acids is 1. The van der Waals surface area contributed by atoms with Crippen LogP contribution in [-0.4, -0.2) is 17.7 Å². The van der Waals surface area contributed by atoms with Crippen LogP contribution in [0.3, 0.4) is 0 Å². The lowest BCUT2D eigenvalue weighted by Crippen LogP contribution is -1.99. The van der Waals surface area contributed by atoms with Crippen molar-refractivity contribution < 1.29 is 19.0 Å². The Balaban J connectivity index is 2.98. The van der Waals surface area contributed by atoms with Crippen LogP contribution in [0.4, 0.5) is 4.39 Å². The second-order valence-corrected chi connectivity index (χ2v) is 2.38. The molecule has 3 nitrogen and oxygen atoms in total. The lowest BCUT2D eigenvalue weighted by Gasteiger charge is -2.04. The van der Waals surface area contributed by atoms with E-state index in [1.807, 2.05) is 0 Å². The third-order valence-electron chi connectivity index (χ3n) is 1.48. The minimum atomic E-state index is -1.15. The maximum absolute atomic E-state index is 13.0. The Bertz CT molecular complexity index is 323. The fourth-order valence-corrected chi connectivity index (χ4v) is 0.906. The van der Waals surface area contributed by atoms with Crippen molar-refractivity contribution in [3.05, 3.63) is 29.6 Å². The summed E-state index contributed by atoms with van der Waals surface area (Å²) in [5.41, 5.74) is -0.0825. The van der Waals surface area contributed by atoms with Gasteiger partial charge in [-0.1, -0.05) is 0 Å². The monoisotopic (exact) mass is 184 g/mol. The molecule has 0 saturated heterocycles. The zero-order valence-electron chi connectivity index (χ0n) is 7.08. The third-order valence-corrected chi connectivity index (χ3v) is 1.48. The van der Waals surface area contributed by atoms with E-state index in [9.17, 15) is 9.18 Å². The number of benzene rings is 1. The van der Waals surface area contributed by atoms with E-state index in [0.717, 1.165) is 6.07 Å². The summed E-state index contributed by atoms with van der Waals surface area (Å²) in [7, 11) is 0. The first-order valence-electron chi connectivity index (χ1n) is 3.80. The molecule has 0 aliphatic carbocycles. The predicted molar refractivity (Wildman–Crippen MR) is 44.5 cm³/mol. The number of hydrogen-bond donors (Lipinski definition) is 1.